The Morgan fingerprint density at radius 1 is 1.16 bits per heavy atom. The van der Waals surface area contributed by atoms with Crippen LogP contribution in [0.5, 0.6) is 0 Å². The molecule has 0 aliphatic carbocycles. The summed E-state index contributed by atoms with van der Waals surface area (Å²) in [5.74, 6) is -0.452. The smallest absolute Gasteiger partial charge is 0.272 e. The molecule has 10 nitrogen and oxygen atoms in total. The minimum absolute atomic E-state index is 0.0596. The lowest BCUT2D eigenvalue weighted by Crippen LogP contribution is -2.46. The number of nitro groups is 1. The van der Waals surface area contributed by atoms with Crippen LogP contribution in [0.2, 0.25) is 0 Å². The second-order valence-electron chi connectivity index (χ2n) is 7.57. The highest BCUT2D eigenvalue weighted by Crippen LogP contribution is 2.30. The summed E-state index contributed by atoms with van der Waals surface area (Å²) in [5.41, 5.74) is 1.16. The number of carbonyl (C=O) groups excluding carboxylic acids is 1. The summed E-state index contributed by atoms with van der Waals surface area (Å²) in [6.07, 6.45) is 0. The second kappa shape index (κ2) is 8.54. The lowest BCUT2D eigenvalue weighted by atomic mass is 10.1. The van der Waals surface area contributed by atoms with E-state index in [-0.39, 0.29) is 16.1 Å². The van der Waals surface area contributed by atoms with Crippen molar-refractivity contribution in [2.45, 2.75) is 11.8 Å². The Labute approximate surface area is 188 Å². The zero-order valence-corrected chi connectivity index (χ0v) is 19.1. The van der Waals surface area contributed by atoms with Crippen molar-refractivity contribution in [3.8, 4) is 0 Å². The topological polar surface area (TPSA) is 126 Å². The lowest BCUT2D eigenvalue weighted by molar-refractivity contribution is -0.385. The van der Waals surface area contributed by atoms with Gasteiger partial charge in [0.05, 0.1) is 20.0 Å². The van der Waals surface area contributed by atoms with Gasteiger partial charge < -0.3 is 4.90 Å². The molecule has 32 heavy (non-hydrogen) atoms. The van der Waals surface area contributed by atoms with Gasteiger partial charge in [-0.2, -0.15) is 4.31 Å². The van der Waals surface area contributed by atoms with E-state index in [1.807, 2.05) is 7.05 Å². The molecule has 0 saturated carbocycles. The van der Waals surface area contributed by atoms with Gasteiger partial charge in [0.15, 0.2) is 5.13 Å². The first-order valence-electron chi connectivity index (χ1n) is 9.81. The Morgan fingerprint density at radius 3 is 2.53 bits per heavy atom. The van der Waals surface area contributed by atoms with E-state index in [1.165, 1.54) is 39.9 Å². The molecule has 2 aromatic carbocycles. The van der Waals surface area contributed by atoms with Crippen LogP contribution in [0.4, 0.5) is 10.8 Å². The normalized spacial score (nSPS) is 15.7. The van der Waals surface area contributed by atoms with Crippen LogP contribution in [0.15, 0.2) is 41.3 Å². The van der Waals surface area contributed by atoms with E-state index in [2.05, 4.69) is 15.2 Å². The zero-order valence-electron chi connectivity index (χ0n) is 17.4. The first-order valence-corrected chi connectivity index (χ1v) is 12.1. The molecule has 0 spiro atoms. The number of sulfonamides is 1. The van der Waals surface area contributed by atoms with Crippen molar-refractivity contribution in [1.29, 1.82) is 0 Å². The summed E-state index contributed by atoms with van der Waals surface area (Å²) >= 11 is 1.17. The van der Waals surface area contributed by atoms with Gasteiger partial charge in [-0.15, -0.1) is 0 Å². The minimum atomic E-state index is -3.61. The Morgan fingerprint density at radius 2 is 1.88 bits per heavy atom. The number of hydrogen-bond acceptors (Lipinski definition) is 8. The van der Waals surface area contributed by atoms with Crippen LogP contribution in [-0.4, -0.2) is 66.7 Å². The number of fused-ring (bicyclic) bond motifs is 1. The Hall–Kier alpha value is -2.93. The number of benzene rings is 2. The van der Waals surface area contributed by atoms with Crippen LogP contribution in [0.3, 0.4) is 0 Å². The number of rotatable bonds is 5. The van der Waals surface area contributed by atoms with Gasteiger partial charge in [0, 0.05) is 43.4 Å². The van der Waals surface area contributed by atoms with Crippen molar-refractivity contribution in [1.82, 2.24) is 14.2 Å². The summed E-state index contributed by atoms with van der Waals surface area (Å²) in [6, 6.07) is 8.85. The SMILES string of the molecule is Cc1cc(C(=O)Nc2nc3ccc(S(=O)(=O)N4CCN(C)CC4)cc3s2)ccc1[N+](=O)[O-]. The summed E-state index contributed by atoms with van der Waals surface area (Å²) in [6.45, 7) is 3.81. The maximum atomic E-state index is 13.0. The maximum Gasteiger partial charge on any atom is 0.272 e. The van der Waals surface area contributed by atoms with Crippen LogP contribution >= 0.6 is 11.3 Å². The summed E-state index contributed by atoms with van der Waals surface area (Å²) in [4.78, 5) is 29.7. The molecule has 0 unspecified atom stereocenters. The quantitative estimate of drug-likeness (QED) is 0.444. The number of aryl methyl sites for hydroxylation is 1. The van der Waals surface area contributed by atoms with E-state index in [9.17, 15) is 23.3 Å². The fourth-order valence-corrected chi connectivity index (χ4v) is 5.89. The summed E-state index contributed by atoms with van der Waals surface area (Å²) in [5, 5.41) is 14.0. The minimum Gasteiger partial charge on any atom is -0.304 e. The highest BCUT2D eigenvalue weighted by atomic mass is 32.2. The molecule has 1 saturated heterocycles. The second-order valence-corrected chi connectivity index (χ2v) is 10.5. The number of thiazole rings is 1. The number of aromatic nitrogens is 1. The Kier molecular flexibility index (Phi) is 5.95. The van der Waals surface area contributed by atoms with E-state index in [0.29, 0.717) is 47.1 Å². The molecule has 0 bridgehead atoms. The van der Waals surface area contributed by atoms with Gasteiger partial charge in [-0.05, 0) is 44.3 Å². The number of carbonyl (C=O) groups is 1. The molecule has 1 aliphatic heterocycles. The van der Waals surface area contributed by atoms with Gasteiger partial charge in [-0.1, -0.05) is 11.3 Å². The van der Waals surface area contributed by atoms with Crippen LogP contribution in [-0.2, 0) is 10.0 Å². The number of likely N-dealkylation sites (N-methyl/N-ethyl adjacent to an activating group) is 1. The summed E-state index contributed by atoms with van der Waals surface area (Å²) < 4.78 is 28.1. The largest absolute Gasteiger partial charge is 0.304 e. The third-order valence-corrected chi connectivity index (χ3v) is 8.16. The number of nitrogens with one attached hydrogen (secondary N) is 1. The number of hydrogen-bond donors (Lipinski definition) is 1. The molecule has 4 rings (SSSR count). The third-order valence-electron chi connectivity index (χ3n) is 5.34. The third kappa shape index (κ3) is 4.35. The Balaban J connectivity index is 1.55. The number of nitro benzene ring substituents is 1. The monoisotopic (exact) mass is 475 g/mol. The van der Waals surface area contributed by atoms with Gasteiger partial charge in [-0.3, -0.25) is 20.2 Å². The summed E-state index contributed by atoms with van der Waals surface area (Å²) in [7, 11) is -1.65. The van der Waals surface area contributed by atoms with Gasteiger partial charge >= 0.3 is 0 Å². The van der Waals surface area contributed by atoms with Crippen molar-refractivity contribution in [3.63, 3.8) is 0 Å². The first-order chi connectivity index (χ1) is 15.1. The molecule has 3 aromatic rings. The van der Waals surface area contributed by atoms with Crippen molar-refractivity contribution < 1.29 is 18.1 Å². The van der Waals surface area contributed by atoms with Crippen molar-refractivity contribution in [2.24, 2.45) is 0 Å². The average Bonchev–Trinajstić information content (AvgIpc) is 3.15. The van der Waals surface area contributed by atoms with E-state index in [1.54, 1.807) is 19.1 Å². The number of amides is 1. The average molecular weight is 476 g/mol. The van der Waals surface area contributed by atoms with Crippen molar-refractivity contribution in [2.75, 3.05) is 38.5 Å². The molecular formula is C20H21N5O5S2. The highest BCUT2D eigenvalue weighted by Gasteiger charge is 2.28. The first kappa shape index (κ1) is 22.3. The number of piperazine rings is 1. The predicted molar refractivity (Wildman–Crippen MR) is 122 cm³/mol. The van der Waals surface area contributed by atoms with Crippen LogP contribution in [0, 0.1) is 17.0 Å². The molecule has 1 fully saturated rings. The molecule has 0 atom stereocenters. The highest BCUT2D eigenvalue weighted by molar-refractivity contribution is 7.89. The molecule has 1 aliphatic rings. The molecule has 1 aromatic heterocycles. The fourth-order valence-electron chi connectivity index (χ4n) is 3.47. The molecular weight excluding hydrogens is 454 g/mol. The van der Waals surface area contributed by atoms with Gasteiger partial charge in [0.1, 0.15) is 0 Å². The molecule has 1 amide bonds. The van der Waals surface area contributed by atoms with Crippen LogP contribution in [0.25, 0.3) is 10.2 Å². The predicted octanol–water partition coefficient (Wildman–Crippen LogP) is 2.70. The van der Waals surface area contributed by atoms with Gasteiger partial charge in [0.2, 0.25) is 10.0 Å². The van der Waals surface area contributed by atoms with E-state index >= 15 is 0 Å². The van der Waals surface area contributed by atoms with Gasteiger partial charge in [-0.25, -0.2) is 13.4 Å². The lowest BCUT2D eigenvalue weighted by Gasteiger charge is -2.31. The maximum absolute atomic E-state index is 13.0. The Bertz CT molecular complexity index is 1310. The molecule has 1 N–H and O–H groups in total. The number of nitrogens with zero attached hydrogens (tertiary/aromatic N) is 4. The standard InChI is InChI=1S/C20H21N5O5S2/c1-13-11-14(3-6-17(13)25(27)28)19(26)22-20-21-16-5-4-15(12-18(16)31-20)32(29,30)24-9-7-23(2)8-10-24/h3-6,11-12H,7-10H2,1-2H3,(H,21,22,26). The molecule has 0 radical (unpaired) electrons. The van der Waals surface area contributed by atoms with E-state index in [0.717, 1.165) is 0 Å². The molecule has 168 valence electrons. The fraction of sp³-hybridized carbons (Fsp3) is 0.300. The van der Waals surface area contributed by atoms with Crippen molar-refractivity contribution >= 4 is 48.3 Å². The number of anilines is 1. The van der Waals surface area contributed by atoms with Gasteiger partial charge in [0.25, 0.3) is 11.6 Å². The van der Waals surface area contributed by atoms with Crippen LogP contribution < -0.4 is 5.32 Å². The zero-order chi connectivity index (χ0) is 23.0. The van der Waals surface area contributed by atoms with Crippen LogP contribution in [0.1, 0.15) is 15.9 Å². The molecule has 2 heterocycles. The van der Waals surface area contributed by atoms with E-state index < -0.39 is 20.9 Å². The van der Waals surface area contributed by atoms with E-state index in [4.69, 9.17) is 0 Å². The molecule has 12 heteroatoms. The van der Waals surface area contributed by atoms with Crippen molar-refractivity contribution in [3.05, 3.63) is 57.6 Å².